The van der Waals surface area contributed by atoms with Crippen molar-refractivity contribution < 1.29 is 19.8 Å². The van der Waals surface area contributed by atoms with E-state index < -0.39 is 11.6 Å². The molecule has 0 aliphatic heterocycles. The zero-order chi connectivity index (χ0) is 15.3. The lowest BCUT2D eigenvalue weighted by Crippen LogP contribution is -2.31. The van der Waals surface area contributed by atoms with Gasteiger partial charge in [0.25, 0.3) is 0 Å². The van der Waals surface area contributed by atoms with Crippen molar-refractivity contribution in [1.82, 2.24) is 0 Å². The summed E-state index contributed by atoms with van der Waals surface area (Å²) >= 11 is 0. The summed E-state index contributed by atoms with van der Waals surface area (Å²) in [6.07, 6.45) is 3.39. The highest BCUT2D eigenvalue weighted by Gasteiger charge is 2.31. The van der Waals surface area contributed by atoms with Crippen LogP contribution >= 0.6 is 0 Å². The van der Waals surface area contributed by atoms with Crippen LogP contribution in [0.15, 0.2) is 30.3 Å². The van der Waals surface area contributed by atoms with Crippen molar-refractivity contribution in [3.63, 3.8) is 0 Å². The highest BCUT2D eigenvalue weighted by atomic mass is 16.4. The van der Waals surface area contributed by atoms with E-state index in [1.807, 2.05) is 0 Å². The quantitative estimate of drug-likeness (QED) is 0.579. The maximum atomic E-state index is 10.6. The summed E-state index contributed by atoms with van der Waals surface area (Å²) < 4.78 is 0. The zero-order valence-corrected chi connectivity index (χ0v) is 11.5. The minimum absolute atomic E-state index is 0.387. The van der Waals surface area contributed by atoms with Crippen molar-refractivity contribution in [3.8, 4) is 0 Å². The number of benzene rings is 1. The van der Waals surface area contributed by atoms with Gasteiger partial charge in [-0.05, 0) is 12.5 Å². The Morgan fingerprint density at radius 1 is 1.26 bits per heavy atom. The molecule has 0 heterocycles. The van der Waals surface area contributed by atoms with Gasteiger partial charge in [0, 0.05) is 0 Å². The largest absolute Gasteiger partial charge is 0.479 e. The summed E-state index contributed by atoms with van der Waals surface area (Å²) in [7, 11) is 0. The number of nitrogens with one attached hydrogen (secondary N) is 1. The first-order chi connectivity index (χ1) is 8.88. The second-order valence-electron chi connectivity index (χ2n) is 3.85. The lowest BCUT2D eigenvalue weighted by molar-refractivity contribution is -0.157. The first kappa shape index (κ1) is 19.4. The van der Waals surface area contributed by atoms with E-state index in [2.05, 4.69) is 13.8 Å². The van der Waals surface area contributed by atoms with Gasteiger partial charge in [-0.3, -0.25) is 0 Å². The average molecular weight is 267 g/mol. The zero-order valence-electron chi connectivity index (χ0n) is 11.5. The van der Waals surface area contributed by atoms with Crippen molar-refractivity contribution >= 4 is 12.0 Å². The molecule has 1 rings (SSSR count). The summed E-state index contributed by atoms with van der Waals surface area (Å²) in [5.74, 6) is -1.24. The van der Waals surface area contributed by atoms with Crippen LogP contribution in [0.5, 0.6) is 0 Å². The van der Waals surface area contributed by atoms with Gasteiger partial charge < -0.3 is 10.2 Å². The number of hydrogen-bond acceptors (Lipinski definition) is 4. The maximum Gasteiger partial charge on any atom is 0.340 e. The fraction of sp³-hybridized carbons (Fsp3) is 0.429. The van der Waals surface area contributed by atoms with Gasteiger partial charge in [0.05, 0.1) is 0 Å². The molecule has 5 nitrogen and oxygen atoms in total. The predicted molar refractivity (Wildman–Crippen MR) is 72.6 cm³/mol. The van der Waals surface area contributed by atoms with E-state index in [1.165, 1.54) is 19.8 Å². The van der Waals surface area contributed by atoms with Crippen LogP contribution in [0.1, 0.15) is 39.2 Å². The molecular formula is C14H21NO4. The summed E-state index contributed by atoms with van der Waals surface area (Å²) in [5, 5.41) is 23.5. The first-order valence-corrected chi connectivity index (χ1v) is 5.93. The van der Waals surface area contributed by atoms with E-state index in [9.17, 15) is 9.90 Å². The van der Waals surface area contributed by atoms with E-state index in [0.29, 0.717) is 5.56 Å². The van der Waals surface area contributed by atoms with E-state index in [4.69, 9.17) is 15.3 Å². The van der Waals surface area contributed by atoms with Crippen LogP contribution in [-0.4, -0.2) is 22.3 Å². The topological polar surface area (TPSA) is 98.4 Å². The van der Waals surface area contributed by atoms with Gasteiger partial charge in [-0.2, -0.15) is 0 Å². The maximum absolute atomic E-state index is 10.6. The number of rotatable bonds is 3. The summed E-state index contributed by atoms with van der Waals surface area (Å²) in [6.45, 7) is 5.62. The van der Waals surface area contributed by atoms with Gasteiger partial charge in [-0.15, -0.1) is 0 Å². The van der Waals surface area contributed by atoms with Crippen molar-refractivity contribution in [2.75, 3.05) is 0 Å². The van der Waals surface area contributed by atoms with Crippen molar-refractivity contribution in [2.24, 2.45) is 0 Å². The summed E-state index contributed by atoms with van der Waals surface area (Å²) in [5.41, 5.74) is -1.40. The van der Waals surface area contributed by atoms with Crippen molar-refractivity contribution in [1.29, 1.82) is 5.41 Å². The number of aliphatic carboxylic acids is 1. The van der Waals surface area contributed by atoms with Crippen molar-refractivity contribution in [3.05, 3.63) is 35.9 Å². The van der Waals surface area contributed by atoms with Crippen molar-refractivity contribution in [2.45, 2.75) is 39.2 Å². The Morgan fingerprint density at radius 2 is 1.63 bits per heavy atom. The fourth-order valence-electron chi connectivity index (χ4n) is 0.886. The first-order valence-electron chi connectivity index (χ1n) is 5.93. The molecule has 0 radical (unpaired) electrons. The minimum atomic E-state index is -1.79. The Labute approximate surface area is 113 Å². The molecule has 1 aromatic carbocycles. The van der Waals surface area contributed by atoms with E-state index in [1.54, 1.807) is 30.3 Å². The van der Waals surface area contributed by atoms with Crippen LogP contribution in [0, 0.1) is 5.41 Å². The SMILES string of the molecule is CC(O)(C(=O)O)c1ccccc1.CCCC.N=C=O. The molecule has 1 aromatic rings. The highest BCUT2D eigenvalue weighted by Crippen LogP contribution is 2.19. The van der Waals surface area contributed by atoms with E-state index in [-0.39, 0.29) is 0 Å². The van der Waals surface area contributed by atoms with Crippen LogP contribution in [-0.2, 0) is 15.2 Å². The van der Waals surface area contributed by atoms with Crippen LogP contribution < -0.4 is 0 Å². The Morgan fingerprint density at radius 3 is 1.89 bits per heavy atom. The Balaban J connectivity index is 0. The van der Waals surface area contributed by atoms with Gasteiger partial charge in [0.15, 0.2) is 5.60 Å². The second-order valence-corrected chi connectivity index (χ2v) is 3.85. The molecule has 5 heteroatoms. The monoisotopic (exact) mass is 267 g/mol. The third-order valence-electron chi connectivity index (χ3n) is 2.25. The molecule has 3 N–H and O–H groups in total. The Hall–Kier alpha value is -1.97. The predicted octanol–water partition coefficient (Wildman–Crippen LogP) is 2.69. The molecule has 0 amide bonds. The molecule has 19 heavy (non-hydrogen) atoms. The second kappa shape index (κ2) is 11.1. The Bertz CT molecular complexity index is 380. The number of unbranched alkanes of at least 4 members (excludes halogenated alkanes) is 1. The van der Waals surface area contributed by atoms with Crippen LogP contribution in [0.25, 0.3) is 0 Å². The highest BCUT2D eigenvalue weighted by molar-refractivity contribution is 5.78. The number of carbonyl (C=O) groups excluding carboxylic acids is 1. The normalized spacial score (nSPS) is 11.6. The molecule has 0 spiro atoms. The van der Waals surface area contributed by atoms with Crippen LogP contribution in [0.2, 0.25) is 0 Å². The molecule has 0 aromatic heterocycles. The minimum Gasteiger partial charge on any atom is -0.479 e. The summed E-state index contributed by atoms with van der Waals surface area (Å²) in [4.78, 5) is 18.9. The molecule has 0 saturated heterocycles. The molecule has 0 aliphatic rings. The van der Waals surface area contributed by atoms with E-state index >= 15 is 0 Å². The molecule has 106 valence electrons. The fourth-order valence-corrected chi connectivity index (χ4v) is 0.886. The average Bonchev–Trinajstić information content (AvgIpc) is 2.41. The number of aliphatic hydroxyl groups is 1. The number of hydrogen-bond donors (Lipinski definition) is 3. The van der Waals surface area contributed by atoms with Crippen LogP contribution in [0.3, 0.4) is 0 Å². The number of carboxylic acid groups (broad SMARTS) is 1. The Kier molecular flexibility index (Phi) is 11.4. The lowest BCUT2D eigenvalue weighted by Gasteiger charge is -2.17. The third-order valence-corrected chi connectivity index (χ3v) is 2.25. The molecule has 1 atom stereocenters. The molecule has 0 bridgehead atoms. The third kappa shape index (κ3) is 8.71. The smallest absolute Gasteiger partial charge is 0.340 e. The molecule has 0 fully saturated rings. The standard InChI is InChI=1S/C9H10O3.C4H10.CHNO/c1-9(12,8(10)11)7-5-3-2-4-6-7;1-3-4-2;2-1-3/h2-6,12H,1H3,(H,10,11);3-4H2,1-2H3;2H. The van der Waals surface area contributed by atoms with Gasteiger partial charge in [-0.25, -0.2) is 15.0 Å². The molecule has 0 saturated carbocycles. The summed E-state index contributed by atoms with van der Waals surface area (Å²) in [6, 6.07) is 8.29. The number of isocyanates is 1. The van der Waals surface area contributed by atoms with Crippen LogP contribution in [0.4, 0.5) is 0 Å². The molecule has 0 aliphatic carbocycles. The van der Waals surface area contributed by atoms with Gasteiger partial charge in [0.2, 0.25) is 6.08 Å². The number of carboxylic acids is 1. The van der Waals surface area contributed by atoms with Gasteiger partial charge in [-0.1, -0.05) is 57.0 Å². The van der Waals surface area contributed by atoms with E-state index in [0.717, 1.165) is 6.08 Å². The van der Waals surface area contributed by atoms with Gasteiger partial charge >= 0.3 is 5.97 Å². The molecular weight excluding hydrogens is 246 g/mol. The molecule has 1 unspecified atom stereocenters. The van der Waals surface area contributed by atoms with Gasteiger partial charge in [0.1, 0.15) is 0 Å². The lowest BCUT2D eigenvalue weighted by atomic mass is 9.97. The number of carbonyl (C=O) groups is 1.